The van der Waals surface area contributed by atoms with Crippen molar-refractivity contribution in [3.63, 3.8) is 0 Å². The van der Waals surface area contributed by atoms with Crippen LogP contribution in [0.5, 0.6) is 0 Å². The minimum Gasteiger partial charge on any atom is -0.356 e. The van der Waals surface area contributed by atoms with E-state index in [9.17, 15) is 9.59 Å². The van der Waals surface area contributed by atoms with Crippen LogP contribution in [-0.4, -0.2) is 29.8 Å². The van der Waals surface area contributed by atoms with Crippen LogP contribution in [0.1, 0.15) is 30.9 Å². The molecule has 1 N–H and O–H groups in total. The van der Waals surface area contributed by atoms with Crippen LogP contribution in [-0.2, 0) is 22.6 Å². The molecule has 0 aliphatic heterocycles. The van der Waals surface area contributed by atoms with Gasteiger partial charge in [0.25, 0.3) is 0 Å². The summed E-state index contributed by atoms with van der Waals surface area (Å²) in [5.74, 6) is -0.106. The minimum atomic E-state index is -0.0678. The predicted octanol–water partition coefficient (Wildman–Crippen LogP) is 3.83. The summed E-state index contributed by atoms with van der Waals surface area (Å²) in [4.78, 5) is 25.5. The van der Waals surface area contributed by atoms with Crippen LogP contribution in [0.4, 0.5) is 0 Å². The van der Waals surface area contributed by atoms with Crippen LogP contribution >= 0.6 is 11.6 Å². The van der Waals surface area contributed by atoms with E-state index in [4.69, 9.17) is 11.6 Å². The summed E-state index contributed by atoms with van der Waals surface area (Å²) < 4.78 is 0. The standard InChI is InChI=1S/C21H25ClN2O2/c1-17(25)24(16-19-11-5-6-12-20(19)22)15-13-21(26)23-14-7-10-18-8-3-2-4-9-18/h2-6,8-9,11-12H,7,10,13-16H2,1H3,(H,23,26). The molecule has 26 heavy (non-hydrogen) atoms. The fourth-order valence-corrected chi connectivity index (χ4v) is 2.87. The van der Waals surface area contributed by atoms with Gasteiger partial charge in [-0.2, -0.15) is 0 Å². The van der Waals surface area contributed by atoms with Crippen molar-refractivity contribution in [3.8, 4) is 0 Å². The van der Waals surface area contributed by atoms with Crippen molar-refractivity contribution in [1.29, 1.82) is 0 Å². The maximum atomic E-state index is 12.0. The van der Waals surface area contributed by atoms with E-state index in [-0.39, 0.29) is 18.2 Å². The van der Waals surface area contributed by atoms with Crippen molar-refractivity contribution in [2.24, 2.45) is 0 Å². The first-order valence-corrected chi connectivity index (χ1v) is 9.23. The fraction of sp³-hybridized carbons (Fsp3) is 0.333. The van der Waals surface area contributed by atoms with Crippen molar-refractivity contribution >= 4 is 23.4 Å². The average Bonchev–Trinajstić information content (AvgIpc) is 2.64. The highest BCUT2D eigenvalue weighted by molar-refractivity contribution is 6.31. The van der Waals surface area contributed by atoms with E-state index in [2.05, 4.69) is 17.4 Å². The molecular formula is C21H25ClN2O2. The first-order chi connectivity index (χ1) is 12.6. The molecule has 0 atom stereocenters. The van der Waals surface area contributed by atoms with Crippen molar-refractivity contribution < 1.29 is 9.59 Å². The van der Waals surface area contributed by atoms with Gasteiger partial charge in [-0.05, 0) is 30.0 Å². The second-order valence-corrected chi connectivity index (χ2v) is 6.63. The third-order valence-electron chi connectivity index (χ3n) is 4.18. The lowest BCUT2D eigenvalue weighted by Crippen LogP contribution is -2.34. The van der Waals surface area contributed by atoms with Crippen LogP contribution in [0.15, 0.2) is 54.6 Å². The number of hydrogen-bond acceptors (Lipinski definition) is 2. The molecule has 5 heteroatoms. The second-order valence-electron chi connectivity index (χ2n) is 6.22. The van der Waals surface area contributed by atoms with Crippen LogP contribution < -0.4 is 5.32 Å². The van der Waals surface area contributed by atoms with E-state index < -0.39 is 0 Å². The highest BCUT2D eigenvalue weighted by Crippen LogP contribution is 2.17. The van der Waals surface area contributed by atoms with Crippen LogP contribution in [0.25, 0.3) is 0 Å². The topological polar surface area (TPSA) is 49.4 Å². The lowest BCUT2D eigenvalue weighted by molar-refractivity contribution is -0.130. The van der Waals surface area contributed by atoms with Gasteiger partial charge in [0.15, 0.2) is 0 Å². The maximum Gasteiger partial charge on any atom is 0.221 e. The molecule has 2 aromatic carbocycles. The summed E-state index contributed by atoms with van der Waals surface area (Å²) in [5.41, 5.74) is 2.15. The Morgan fingerprint density at radius 2 is 1.73 bits per heavy atom. The molecule has 0 radical (unpaired) electrons. The molecule has 0 saturated heterocycles. The monoisotopic (exact) mass is 372 g/mol. The summed E-state index contributed by atoms with van der Waals surface area (Å²) in [6.45, 7) is 2.94. The highest BCUT2D eigenvalue weighted by Gasteiger charge is 2.13. The van der Waals surface area contributed by atoms with E-state index >= 15 is 0 Å². The Morgan fingerprint density at radius 1 is 1.04 bits per heavy atom. The molecule has 0 aliphatic rings. The average molecular weight is 373 g/mol. The summed E-state index contributed by atoms with van der Waals surface area (Å²) in [5, 5.41) is 3.55. The number of amides is 2. The number of carbonyl (C=O) groups is 2. The number of carbonyl (C=O) groups excluding carboxylic acids is 2. The number of aryl methyl sites for hydroxylation is 1. The zero-order valence-electron chi connectivity index (χ0n) is 15.1. The highest BCUT2D eigenvalue weighted by atomic mass is 35.5. The Balaban J connectivity index is 1.71. The van der Waals surface area contributed by atoms with Gasteiger partial charge < -0.3 is 10.2 Å². The van der Waals surface area contributed by atoms with E-state index in [1.54, 1.807) is 11.0 Å². The Labute approximate surface area is 160 Å². The molecule has 0 fully saturated rings. The molecule has 2 aromatic rings. The molecule has 2 amide bonds. The zero-order chi connectivity index (χ0) is 18.8. The van der Waals surface area contributed by atoms with Crippen molar-refractivity contribution in [1.82, 2.24) is 10.2 Å². The molecule has 0 aromatic heterocycles. The first kappa shape index (κ1) is 20.0. The van der Waals surface area contributed by atoms with Crippen LogP contribution in [0, 0.1) is 0 Å². The number of rotatable bonds is 9. The van der Waals surface area contributed by atoms with E-state index in [1.807, 2.05) is 36.4 Å². The maximum absolute atomic E-state index is 12.0. The van der Waals surface area contributed by atoms with E-state index in [0.717, 1.165) is 18.4 Å². The normalized spacial score (nSPS) is 10.4. The van der Waals surface area contributed by atoms with Gasteiger partial charge in [0.1, 0.15) is 0 Å². The van der Waals surface area contributed by atoms with Gasteiger partial charge >= 0.3 is 0 Å². The van der Waals surface area contributed by atoms with Gasteiger partial charge in [0.2, 0.25) is 11.8 Å². The molecule has 0 saturated carbocycles. The lowest BCUT2D eigenvalue weighted by atomic mass is 10.1. The lowest BCUT2D eigenvalue weighted by Gasteiger charge is -2.21. The number of benzene rings is 2. The smallest absolute Gasteiger partial charge is 0.221 e. The second kappa shape index (κ2) is 10.6. The molecule has 138 valence electrons. The van der Waals surface area contributed by atoms with Gasteiger partial charge in [-0.1, -0.05) is 60.1 Å². The Kier molecular flexibility index (Phi) is 8.16. The number of halogens is 1. The van der Waals surface area contributed by atoms with Crippen molar-refractivity contribution in [3.05, 3.63) is 70.7 Å². The van der Waals surface area contributed by atoms with Gasteiger partial charge in [-0.15, -0.1) is 0 Å². The molecule has 0 unspecified atom stereocenters. The Morgan fingerprint density at radius 3 is 2.42 bits per heavy atom. The SMILES string of the molecule is CC(=O)N(CCC(=O)NCCCc1ccccc1)Cc1ccccc1Cl. The third-order valence-corrected chi connectivity index (χ3v) is 4.55. The van der Waals surface area contributed by atoms with E-state index in [0.29, 0.717) is 24.7 Å². The van der Waals surface area contributed by atoms with Crippen LogP contribution in [0.3, 0.4) is 0 Å². The Bertz CT molecular complexity index is 719. The Hall–Kier alpha value is -2.33. The molecule has 0 spiro atoms. The van der Waals surface area contributed by atoms with Gasteiger partial charge in [0.05, 0.1) is 0 Å². The minimum absolute atomic E-state index is 0.0385. The van der Waals surface area contributed by atoms with E-state index in [1.165, 1.54) is 12.5 Å². The molecule has 2 rings (SSSR count). The summed E-state index contributed by atoms with van der Waals surface area (Å²) in [6.07, 6.45) is 2.12. The fourth-order valence-electron chi connectivity index (χ4n) is 2.67. The number of hydrogen-bond donors (Lipinski definition) is 1. The molecule has 0 bridgehead atoms. The largest absolute Gasteiger partial charge is 0.356 e. The quantitative estimate of drug-likeness (QED) is 0.680. The number of nitrogens with one attached hydrogen (secondary N) is 1. The zero-order valence-corrected chi connectivity index (χ0v) is 15.8. The predicted molar refractivity (Wildman–Crippen MR) is 105 cm³/mol. The molecule has 0 heterocycles. The van der Waals surface area contributed by atoms with Gasteiger partial charge in [-0.3, -0.25) is 9.59 Å². The van der Waals surface area contributed by atoms with Gasteiger partial charge in [-0.25, -0.2) is 0 Å². The first-order valence-electron chi connectivity index (χ1n) is 8.86. The summed E-state index contributed by atoms with van der Waals surface area (Å²) in [7, 11) is 0. The van der Waals surface area contributed by atoms with Gasteiger partial charge in [0, 0.05) is 38.0 Å². The summed E-state index contributed by atoms with van der Waals surface area (Å²) >= 11 is 6.15. The molecular weight excluding hydrogens is 348 g/mol. The van der Waals surface area contributed by atoms with Crippen LogP contribution in [0.2, 0.25) is 5.02 Å². The summed E-state index contributed by atoms with van der Waals surface area (Å²) in [6, 6.07) is 17.6. The third kappa shape index (κ3) is 6.89. The molecule has 4 nitrogen and oxygen atoms in total. The van der Waals surface area contributed by atoms with Crippen molar-refractivity contribution in [2.45, 2.75) is 32.7 Å². The molecule has 0 aliphatic carbocycles. The van der Waals surface area contributed by atoms with Crippen molar-refractivity contribution in [2.75, 3.05) is 13.1 Å². The number of nitrogens with zero attached hydrogens (tertiary/aromatic N) is 1.